The molecule has 0 heterocycles. The van der Waals surface area contributed by atoms with Gasteiger partial charge in [-0.15, -0.1) is 0 Å². The average Bonchev–Trinajstić information content (AvgIpc) is 2.48. The van der Waals surface area contributed by atoms with Crippen LogP contribution in [0.4, 0.5) is 10.5 Å². The first-order chi connectivity index (χ1) is 10.1. The lowest BCUT2D eigenvalue weighted by atomic mass is 9.89. The second-order valence-electron chi connectivity index (χ2n) is 5.64. The minimum absolute atomic E-state index is 0.163. The maximum Gasteiger partial charge on any atom is 0.319 e. The van der Waals surface area contributed by atoms with Crippen LogP contribution in [-0.4, -0.2) is 19.7 Å². The lowest BCUT2D eigenvalue weighted by Gasteiger charge is -2.22. The molecule has 0 aliphatic heterocycles. The molecule has 1 aliphatic rings. The number of hydrogen-bond donors (Lipinski definition) is 2. The Bertz CT molecular complexity index is 499. The van der Waals surface area contributed by atoms with Gasteiger partial charge in [0, 0.05) is 11.0 Å². The Balaban J connectivity index is 1.93. The summed E-state index contributed by atoms with van der Waals surface area (Å²) in [4.78, 5) is 12.1. The molecule has 1 aromatic rings. The van der Waals surface area contributed by atoms with Gasteiger partial charge in [-0.2, -0.15) is 0 Å². The number of ether oxygens (including phenoxy) is 1. The molecule has 116 valence electrons. The molecule has 0 bridgehead atoms. The molecule has 5 heteroatoms. The van der Waals surface area contributed by atoms with Crippen molar-refractivity contribution in [3.63, 3.8) is 0 Å². The highest BCUT2D eigenvalue weighted by molar-refractivity contribution is 9.10. The van der Waals surface area contributed by atoms with E-state index in [0.717, 1.165) is 22.3 Å². The summed E-state index contributed by atoms with van der Waals surface area (Å²) in [6, 6.07) is 3.65. The van der Waals surface area contributed by atoms with Gasteiger partial charge in [-0.3, -0.25) is 0 Å². The molecule has 0 radical (unpaired) electrons. The first-order valence-corrected chi connectivity index (χ1v) is 8.28. The van der Waals surface area contributed by atoms with E-state index in [-0.39, 0.29) is 6.03 Å². The van der Waals surface area contributed by atoms with Crippen molar-refractivity contribution in [2.45, 2.75) is 39.0 Å². The smallest absolute Gasteiger partial charge is 0.319 e. The largest absolute Gasteiger partial charge is 0.495 e. The Morgan fingerprint density at radius 2 is 2.05 bits per heavy atom. The standard InChI is InChI=1S/C16H23BrN2O2/c1-11-8-13(17)9-14(21-2)15(11)19-16(20)18-10-12-6-4-3-5-7-12/h8-9,12H,3-7,10H2,1-2H3,(H2,18,19,20). The van der Waals surface area contributed by atoms with Gasteiger partial charge in [-0.1, -0.05) is 35.2 Å². The molecule has 0 aromatic heterocycles. The number of benzene rings is 1. The number of carbonyl (C=O) groups excluding carboxylic acids is 1. The van der Waals surface area contributed by atoms with E-state index < -0.39 is 0 Å². The lowest BCUT2D eigenvalue weighted by molar-refractivity contribution is 0.247. The van der Waals surface area contributed by atoms with E-state index in [0.29, 0.717) is 11.7 Å². The highest BCUT2D eigenvalue weighted by atomic mass is 79.9. The van der Waals surface area contributed by atoms with E-state index >= 15 is 0 Å². The van der Waals surface area contributed by atoms with Gasteiger partial charge < -0.3 is 15.4 Å². The third-order valence-electron chi connectivity index (χ3n) is 4.00. The molecular weight excluding hydrogens is 332 g/mol. The summed E-state index contributed by atoms with van der Waals surface area (Å²) in [5, 5.41) is 5.88. The Kier molecular flexibility index (Phi) is 5.91. The van der Waals surface area contributed by atoms with Gasteiger partial charge in [0.25, 0.3) is 0 Å². The fourth-order valence-corrected chi connectivity index (χ4v) is 3.37. The van der Waals surface area contributed by atoms with Crippen LogP contribution in [0, 0.1) is 12.8 Å². The third-order valence-corrected chi connectivity index (χ3v) is 4.46. The van der Waals surface area contributed by atoms with Gasteiger partial charge in [-0.25, -0.2) is 4.79 Å². The van der Waals surface area contributed by atoms with Crippen LogP contribution < -0.4 is 15.4 Å². The molecule has 2 amide bonds. The van der Waals surface area contributed by atoms with E-state index in [2.05, 4.69) is 26.6 Å². The number of methoxy groups -OCH3 is 1. The van der Waals surface area contributed by atoms with Gasteiger partial charge in [0.2, 0.25) is 0 Å². The van der Waals surface area contributed by atoms with Gasteiger partial charge in [-0.05, 0) is 43.4 Å². The van der Waals surface area contributed by atoms with Crippen LogP contribution in [0.5, 0.6) is 5.75 Å². The van der Waals surface area contributed by atoms with E-state index in [1.165, 1.54) is 32.1 Å². The predicted molar refractivity (Wildman–Crippen MR) is 89.0 cm³/mol. The van der Waals surface area contributed by atoms with Crippen molar-refractivity contribution in [3.8, 4) is 5.75 Å². The Hall–Kier alpha value is -1.23. The zero-order valence-electron chi connectivity index (χ0n) is 12.7. The Morgan fingerprint density at radius 3 is 2.71 bits per heavy atom. The third kappa shape index (κ3) is 4.63. The summed E-state index contributed by atoms with van der Waals surface area (Å²) in [6.45, 7) is 2.70. The molecule has 1 aromatic carbocycles. The maximum absolute atomic E-state index is 12.1. The molecule has 2 rings (SSSR count). The molecule has 0 atom stereocenters. The van der Waals surface area contributed by atoms with Crippen molar-refractivity contribution in [1.29, 1.82) is 0 Å². The van der Waals surface area contributed by atoms with Crippen molar-refractivity contribution < 1.29 is 9.53 Å². The number of urea groups is 1. The minimum atomic E-state index is -0.163. The minimum Gasteiger partial charge on any atom is -0.495 e. The number of rotatable bonds is 4. The Labute approximate surface area is 134 Å². The van der Waals surface area contributed by atoms with Crippen LogP contribution in [-0.2, 0) is 0 Å². The molecule has 21 heavy (non-hydrogen) atoms. The maximum atomic E-state index is 12.1. The number of anilines is 1. The van der Waals surface area contributed by atoms with E-state index in [9.17, 15) is 4.79 Å². The fourth-order valence-electron chi connectivity index (χ4n) is 2.82. The molecule has 0 spiro atoms. The Morgan fingerprint density at radius 1 is 1.33 bits per heavy atom. The van der Waals surface area contributed by atoms with E-state index in [1.807, 2.05) is 19.1 Å². The average molecular weight is 355 g/mol. The molecule has 0 saturated heterocycles. The highest BCUT2D eigenvalue weighted by Crippen LogP contribution is 2.32. The first-order valence-electron chi connectivity index (χ1n) is 7.49. The highest BCUT2D eigenvalue weighted by Gasteiger charge is 2.15. The lowest BCUT2D eigenvalue weighted by Crippen LogP contribution is -2.34. The first kappa shape index (κ1) is 16.1. The van der Waals surface area contributed by atoms with Gasteiger partial charge in [0.1, 0.15) is 5.75 Å². The summed E-state index contributed by atoms with van der Waals surface area (Å²) in [5.74, 6) is 1.28. The van der Waals surface area contributed by atoms with Gasteiger partial charge in [0.05, 0.1) is 12.8 Å². The molecule has 1 aliphatic carbocycles. The quantitative estimate of drug-likeness (QED) is 0.837. The normalized spacial score (nSPS) is 15.6. The summed E-state index contributed by atoms with van der Waals surface area (Å²) < 4.78 is 6.27. The summed E-state index contributed by atoms with van der Waals surface area (Å²) in [7, 11) is 1.60. The zero-order chi connectivity index (χ0) is 15.2. The van der Waals surface area contributed by atoms with Crippen molar-refractivity contribution in [3.05, 3.63) is 22.2 Å². The van der Waals surface area contributed by atoms with Gasteiger partial charge >= 0.3 is 6.03 Å². The summed E-state index contributed by atoms with van der Waals surface area (Å²) in [5.41, 5.74) is 1.69. The van der Waals surface area contributed by atoms with Crippen LogP contribution >= 0.6 is 15.9 Å². The topological polar surface area (TPSA) is 50.4 Å². The van der Waals surface area contributed by atoms with E-state index in [4.69, 9.17) is 4.74 Å². The predicted octanol–water partition coefficient (Wildman–Crippen LogP) is 4.47. The number of nitrogens with one attached hydrogen (secondary N) is 2. The molecule has 0 unspecified atom stereocenters. The SMILES string of the molecule is COc1cc(Br)cc(C)c1NC(=O)NCC1CCCCC1. The number of carbonyl (C=O) groups is 1. The van der Waals surface area contributed by atoms with Crippen LogP contribution in [0.2, 0.25) is 0 Å². The number of amides is 2. The molecule has 1 saturated carbocycles. The fraction of sp³-hybridized carbons (Fsp3) is 0.562. The van der Waals surface area contributed by atoms with Crippen LogP contribution in [0.25, 0.3) is 0 Å². The van der Waals surface area contributed by atoms with Crippen molar-refractivity contribution in [2.24, 2.45) is 5.92 Å². The molecule has 1 fully saturated rings. The van der Waals surface area contributed by atoms with Gasteiger partial charge in [0.15, 0.2) is 0 Å². The molecular formula is C16H23BrN2O2. The van der Waals surface area contributed by atoms with Crippen LogP contribution in [0.15, 0.2) is 16.6 Å². The number of halogens is 1. The van der Waals surface area contributed by atoms with E-state index in [1.54, 1.807) is 7.11 Å². The zero-order valence-corrected chi connectivity index (χ0v) is 14.3. The van der Waals surface area contributed by atoms with Crippen LogP contribution in [0.3, 0.4) is 0 Å². The monoisotopic (exact) mass is 354 g/mol. The summed E-state index contributed by atoms with van der Waals surface area (Å²) >= 11 is 3.43. The van der Waals surface area contributed by atoms with Crippen molar-refractivity contribution in [1.82, 2.24) is 5.32 Å². The summed E-state index contributed by atoms with van der Waals surface area (Å²) in [6.07, 6.45) is 6.35. The van der Waals surface area contributed by atoms with Crippen LogP contribution in [0.1, 0.15) is 37.7 Å². The second-order valence-corrected chi connectivity index (χ2v) is 6.55. The van der Waals surface area contributed by atoms with Crippen molar-refractivity contribution in [2.75, 3.05) is 19.0 Å². The molecule has 2 N–H and O–H groups in total. The second kappa shape index (κ2) is 7.69. The van der Waals surface area contributed by atoms with Crippen molar-refractivity contribution >= 4 is 27.6 Å². The number of hydrogen-bond acceptors (Lipinski definition) is 2. The number of aryl methyl sites for hydroxylation is 1. The molecule has 4 nitrogen and oxygen atoms in total.